The Morgan fingerprint density at radius 2 is 1.58 bits per heavy atom. The van der Waals surface area contributed by atoms with Gasteiger partial charge >= 0.3 is 0 Å². The molecule has 0 atom stereocenters. The van der Waals surface area contributed by atoms with Crippen LogP contribution in [0.1, 0.15) is 37.5 Å². The summed E-state index contributed by atoms with van der Waals surface area (Å²) in [5, 5.41) is 0. The molecule has 0 unspecified atom stereocenters. The number of anilines is 2. The van der Waals surface area contributed by atoms with Gasteiger partial charge in [0.2, 0.25) is 0 Å². The van der Waals surface area contributed by atoms with Crippen LogP contribution >= 0.6 is 0 Å². The molecule has 1 heterocycles. The third-order valence-corrected chi connectivity index (χ3v) is 5.88. The van der Waals surface area contributed by atoms with Crippen LogP contribution in [-0.2, 0) is 17.8 Å². The van der Waals surface area contributed by atoms with E-state index in [1.54, 1.807) is 20.8 Å². The van der Waals surface area contributed by atoms with E-state index in [-0.39, 0.29) is 5.78 Å². The number of ether oxygens (including phenoxy) is 1. The molecule has 174 valence electrons. The Labute approximate surface area is 198 Å². The molecule has 5 nitrogen and oxygen atoms in total. The van der Waals surface area contributed by atoms with Crippen LogP contribution in [0.15, 0.2) is 66.9 Å². The molecular formula is C28H35N3O2. The first kappa shape index (κ1) is 24.3. The summed E-state index contributed by atoms with van der Waals surface area (Å²) >= 11 is 0. The Morgan fingerprint density at radius 3 is 2.12 bits per heavy atom. The number of carbonyl (C=O) groups is 1. The Morgan fingerprint density at radius 1 is 0.939 bits per heavy atom. The van der Waals surface area contributed by atoms with Crippen molar-refractivity contribution in [1.29, 1.82) is 0 Å². The Balaban J connectivity index is 1.73. The van der Waals surface area contributed by atoms with E-state index >= 15 is 0 Å². The first-order valence-corrected chi connectivity index (χ1v) is 11.4. The summed E-state index contributed by atoms with van der Waals surface area (Å²) in [7, 11) is 4.04. The molecule has 5 heteroatoms. The molecule has 0 amide bonds. The van der Waals surface area contributed by atoms with Crippen molar-refractivity contribution in [2.75, 3.05) is 30.4 Å². The molecule has 3 aromatic rings. The highest BCUT2D eigenvalue weighted by Crippen LogP contribution is 2.22. The Kier molecular flexibility index (Phi) is 7.75. The van der Waals surface area contributed by atoms with Gasteiger partial charge in [0.25, 0.3) is 0 Å². The lowest BCUT2D eigenvalue weighted by atomic mass is 10.1. The van der Waals surface area contributed by atoms with Gasteiger partial charge in [-0.2, -0.15) is 0 Å². The van der Waals surface area contributed by atoms with Crippen molar-refractivity contribution in [3.05, 3.63) is 83.6 Å². The fraction of sp³-hybridized carbons (Fsp3) is 0.357. The lowest BCUT2D eigenvalue weighted by molar-refractivity contribution is -0.129. The zero-order valence-electron chi connectivity index (χ0n) is 20.6. The summed E-state index contributed by atoms with van der Waals surface area (Å²) in [6.45, 7) is 8.87. The van der Waals surface area contributed by atoms with Crippen LogP contribution < -0.4 is 14.5 Å². The Hall–Kier alpha value is -3.34. The third kappa shape index (κ3) is 6.82. The summed E-state index contributed by atoms with van der Waals surface area (Å²) in [6.07, 6.45) is 2.79. The van der Waals surface area contributed by atoms with E-state index in [1.807, 2.05) is 32.4 Å². The van der Waals surface area contributed by atoms with Gasteiger partial charge in [0, 0.05) is 27.2 Å². The molecule has 0 fully saturated rings. The van der Waals surface area contributed by atoms with Crippen molar-refractivity contribution in [3.63, 3.8) is 0 Å². The molecule has 1 aromatic heterocycles. The highest BCUT2D eigenvalue weighted by molar-refractivity contribution is 5.84. The Bertz CT molecular complexity index is 1040. The first-order valence-electron chi connectivity index (χ1n) is 11.4. The molecule has 0 bridgehead atoms. The predicted octanol–water partition coefficient (Wildman–Crippen LogP) is 5.45. The highest BCUT2D eigenvalue weighted by atomic mass is 16.5. The second kappa shape index (κ2) is 10.5. The van der Waals surface area contributed by atoms with Gasteiger partial charge in [0.15, 0.2) is 11.4 Å². The van der Waals surface area contributed by atoms with E-state index < -0.39 is 5.60 Å². The van der Waals surface area contributed by atoms with Gasteiger partial charge in [0.05, 0.1) is 11.9 Å². The van der Waals surface area contributed by atoms with Gasteiger partial charge in [-0.05, 0) is 69.5 Å². The number of rotatable bonds is 10. The summed E-state index contributed by atoms with van der Waals surface area (Å²) in [6, 6.07) is 20.9. The van der Waals surface area contributed by atoms with E-state index in [1.165, 1.54) is 16.7 Å². The lowest BCUT2D eigenvalue weighted by Gasteiger charge is -2.25. The van der Waals surface area contributed by atoms with E-state index in [0.29, 0.717) is 5.75 Å². The van der Waals surface area contributed by atoms with Crippen molar-refractivity contribution in [3.8, 4) is 5.75 Å². The zero-order valence-corrected chi connectivity index (χ0v) is 20.6. The number of hydrogen-bond donors (Lipinski definition) is 0. The predicted molar refractivity (Wildman–Crippen MR) is 136 cm³/mol. The monoisotopic (exact) mass is 445 g/mol. The van der Waals surface area contributed by atoms with Gasteiger partial charge in [-0.1, -0.05) is 42.0 Å². The lowest BCUT2D eigenvalue weighted by Crippen LogP contribution is -2.36. The van der Waals surface area contributed by atoms with Crippen LogP contribution in [0.25, 0.3) is 0 Å². The standard InChI is InChI=1S/C28H35N3O2/c1-21-7-9-24(10-8-21)20-31(27-16-13-25(19-29-27)30(5)6)18-17-23-11-14-26(15-12-23)33-28(3,4)22(2)32/h7-16,19H,17-18,20H2,1-6H3. The van der Waals surface area contributed by atoms with Crippen molar-refractivity contribution in [1.82, 2.24) is 4.98 Å². The summed E-state index contributed by atoms with van der Waals surface area (Å²) in [5.74, 6) is 1.67. The van der Waals surface area contributed by atoms with Crippen molar-refractivity contribution in [2.45, 2.75) is 46.3 Å². The van der Waals surface area contributed by atoms with Gasteiger partial charge in [0.1, 0.15) is 11.6 Å². The maximum atomic E-state index is 11.7. The summed E-state index contributed by atoms with van der Waals surface area (Å²) in [4.78, 5) is 20.8. The minimum absolute atomic E-state index is 0.00566. The second-order valence-electron chi connectivity index (χ2n) is 9.24. The van der Waals surface area contributed by atoms with Crippen LogP contribution in [0.2, 0.25) is 0 Å². The molecule has 0 spiro atoms. The molecule has 0 aliphatic heterocycles. The minimum atomic E-state index is -0.823. The fourth-order valence-corrected chi connectivity index (χ4v) is 3.37. The van der Waals surface area contributed by atoms with Crippen molar-refractivity contribution >= 4 is 17.3 Å². The van der Waals surface area contributed by atoms with E-state index in [9.17, 15) is 4.79 Å². The summed E-state index contributed by atoms with van der Waals surface area (Å²) in [5.41, 5.74) is 3.99. The number of aryl methyl sites for hydroxylation is 1. The number of hydrogen-bond acceptors (Lipinski definition) is 5. The van der Waals surface area contributed by atoms with Crippen molar-refractivity contribution in [2.24, 2.45) is 0 Å². The minimum Gasteiger partial charge on any atom is -0.480 e. The van der Waals surface area contributed by atoms with Crippen LogP contribution in [0.3, 0.4) is 0 Å². The highest BCUT2D eigenvalue weighted by Gasteiger charge is 2.25. The van der Waals surface area contributed by atoms with Gasteiger partial charge in [-0.15, -0.1) is 0 Å². The second-order valence-corrected chi connectivity index (χ2v) is 9.24. The smallest absolute Gasteiger partial charge is 0.172 e. The van der Waals surface area contributed by atoms with Crippen LogP contribution in [0, 0.1) is 6.92 Å². The molecule has 0 saturated carbocycles. The third-order valence-electron chi connectivity index (χ3n) is 5.88. The SMILES string of the molecule is CC(=O)C(C)(C)Oc1ccc(CCN(Cc2ccc(C)cc2)c2ccc(N(C)C)cn2)cc1. The molecule has 0 aliphatic rings. The molecule has 0 saturated heterocycles. The number of nitrogens with zero attached hydrogens (tertiary/aromatic N) is 3. The number of carbonyl (C=O) groups excluding carboxylic acids is 1. The van der Waals surface area contributed by atoms with E-state index in [0.717, 1.165) is 31.0 Å². The molecule has 3 rings (SSSR count). The van der Waals surface area contributed by atoms with E-state index in [4.69, 9.17) is 9.72 Å². The number of ketones is 1. The zero-order chi connectivity index (χ0) is 24.0. The molecule has 0 aliphatic carbocycles. The molecular weight excluding hydrogens is 410 g/mol. The maximum absolute atomic E-state index is 11.7. The summed E-state index contributed by atoms with van der Waals surface area (Å²) < 4.78 is 5.86. The van der Waals surface area contributed by atoms with E-state index in [2.05, 4.69) is 65.3 Å². The largest absolute Gasteiger partial charge is 0.480 e. The van der Waals surface area contributed by atoms with Gasteiger partial charge in [-0.3, -0.25) is 4.79 Å². The maximum Gasteiger partial charge on any atom is 0.172 e. The fourth-order valence-electron chi connectivity index (χ4n) is 3.37. The molecule has 33 heavy (non-hydrogen) atoms. The molecule has 2 aromatic carbocycles. The topological polar surface area (TPSA) is 45.7 Å². The van der Waals surface area contributed by atoms with Crippen LogP contribution in [0.4, 0.5) is 11.5 Å². The number of benzene rings is 2. The van der Waals surface area contributed by atoms with Gasteiger partial charge in [-0.25, -0.2) is 4.98 Å². The number of pyridine rings is 1. The average Bonchev–Trinajstić information content (AvgIpc) is 2.78. The normalized spacial score (nSPS) is 11.2. The van der Waals surface area contributed by atoms with Crippen LogP contribution in [0.5, 0.6) is 5.75 Å². The average molecular weight is 446 g/mol. The number of Topliss-reactive ketones (excluding diaryl/α,β-unsaturated/α-hetero) is 1. The molecule has 0 N–H and O–H groups in total. The first-order chi connectivity index (χ1) is 15.6. The van der Waals surface area contributed by atoms with Crippen molar-refractivity contribution < 1.29 is 9.53 Å². The molecule has 0 radical (unpaired) electrons. The van der Waals surface area contributed by atoms with Crippen LogP contribution in [-0.4, -0.2) is 37.0 Å². The van der Waals surface area contributed by atoms with Gasteiger partial charge < -0.3 is 14.5 Å². The quantitative estimate of drug-likeness (QED) is 0.415. The number of aromatic nitrogens is 1.